The van der Waals surface area contributed by atoms with Crippen molar-refractivity contribution >= 4 is 5.97 Å². The Balaban J connectivity index is 2.01. The average molecular weight is 223 g/mol. The standard InChI is InChI=1S/C11H17N3O2/c1-11(2,3)16-10(15)9-7-14-8(6-12-9)4-5-13-14/h4-5,9,12H,6-7H2,1-3H3/t9-/m1/s1. The Morgan fingerprint density at radius 3 is 3.06 bits per heavy atom. The summed E-state index contributed by atoms with van der Waals surface area (Å²) in [6.45, 7) is 6.80. The number of hydrogen-bond acceptors (Lipinski definition) is 4. The molecule has 1 N–H and O–H groups in total. The van der Waals surface area contributed by atoms with E-state index >= 15 is 0 Å². The lowest BCUT2D eigenvalue weighted by molar-refractivity contribution is -0.158. The van der Waals surface area contributed by atoms with Gasteiger partial charge in [-0.3, -0.25) is 14.8 Å². The van der Waals surface area contributed by atoms with Crippen molar-refractivity contribution in [3.8, 4) is 0 Å². The third-order valence-electron chi connectivity index (χ3n) is 2.38. The zero-order chi connectivity index (χ0) is 11.8. The summed E-state index contributed by atoms with van der Waals surface area (Å²) in [5.74, 6) is -0.214. The molecule has 0 bridgehead atoms. The first kappa shape index (κ1) is 11.1. The first-order valence-corrected chi connectivity index (χ1v) is 5.43. The first-order chi connectivity index (χ1) is 7.46. The van der Waals surface area contributed by atoms with Crippen molar-refractivity contribution in [2.75, 3.05) is 0 Å². The van der Waals surface area contributed by atoms with Crippen LogP contribution in [-0.2, 0) is 22.6 Å². The molecule has 0 aliphatic carbocycles. The van der Waals surface area contributed by atoms with Gasteiger partial charge in [0, 0.05) is 12.7 Å². The second-order valence-electron chi connectivity index (χ2n) is 4.97. The van der Waals surface area contributed by atoms with Crippen LogP contribution in [0.1, 0.15) is 26.5 Å². The van der Waals surface area contributed by atoms with Crippen LogP contribution in [0.5, 0.6) is 0 Å². The fourth-order valence-electron chi connectivity index (χ4n) is 1.67. The number of rotatable bonds is 1. The molecule has 5 heteroatoms. The lowest BCUT2D eigenvalue weighted by Crippen LogP contribution is -2.47. The quantitative estimate of drug-likeness (QED) is 0.712. The minimum Gasteiger partial charge on any atom is -0.459 e. The van der Waals surface area contributed by atoms with Gasteiger partial charge in [-0.2, -0.15) is 5.10 Å². The van der Waals surface area contributed by atoms with Gasteiger partial charge in [0.2, 0.25) is 0 Å². The van der Waals surface area contributed by atoms with Crippen LogP contribution in [-0.4, -0.2) is 27.4 Å². The summed E-state index contributed by atoms with van der Waals surface area (Å²) >= 11 is 0. The van der Waals surface area contributed by atoms with Crippen molar-refractivity contribution in [2.45, 2.75) is 45.5 Å². The molecular weight excluding hydrogens is 206 g/mol. The van der Waals surface area contributed by atoms with Gasteiger partial charge in [0.15, 0.2) is 0 Å². The van der Waals surface area contributed by atoms with Gasteiger partial charge in [0.25, 0.3) is 0 Å². The smallest absolute Gasteiger partial charge is 0.325 e. The van der Waals surface area contributed by atoms with Gasteiger partial charge in [-0.25, -0.2) is 0 Å². The Morgan fingerprint density at radius 1 is 1.62 bits per heavy atom. The van der Waals surface area contributed by atoms with Gasteiger partial charge < -0.3 is 4.74 Å². The predicted octanol–water partition coefficient (Wildman–Crippen LogP) is 0.697. The van der Waals surface area contributed by atoms with Crippen LogP contribution in [0, 0.1) is 0 Å². The molecule has 1 aliphatic rings. The van der Waals surface area contributed by atoms with E-state index < -0.39 is 5.60 Å². The van der Waals surface area contributed by atoms with Gasteiger partial charge >= 0.3 is 5.97 Å². The van der Waals surface area contributed by atoms with E-state index in [0.29, 0.717) is 13.1 Å². The number of esters is 1. The molecule has 0 fully saturated rings. The predicted molar refractivity (Wildman–Crippen MR) is 58.7 cm³/mol. The molecule has 1 aliphatic heterocycles. The number of carbonyl (C=O) groups excluding carboxylic acids is 1. The number of carbonyl (C=O) groups is 1. The normalized spacial score (nSPS) is 20.3. The molecule has 88 valence electrons. The second-order valence-corrected chi connectivity index (χ2v) is 4.97. The highest BCUT2D eigenvalue weighted by molar-refractivity contribution is 5.76. The summed E-state index contributed by atoms with van der Waals surface area (Å²) in [7, 11) is 0. The van der Waals surface area contributed by atoms with E-state index in [9.17, 15) is 4.79 Å². The maximum atomic E-state index is 11.8. The average Bonchev–Trinajstić information content (AvgIpc) is 2.61. The fraction of sp³-hybridized carbons (Fsp3) is 0.636. The first-order valence-electron chi connectivity index (χ1n) is 5.43. The van der Waals surface area contributed by atoms with Crippen LogP contribution < -0.4 is 5.32 Å². The minimum absolute atomic E-state index is 0.214. The van der Waals surface area contributed by atoms with Gasteiger partial charge in [-0.15, -0.1) is 0 Å². The maximum absolute atomic E-state index is 11.8. The van der Waals surface area contributed by atoms with Gasteiger partial charge in [0.1, 0.15) is 11.6 Å². The van der Waals surface area contributed by atoms with Crippen molar-refractivity contribution in [3.05, 3.63) is 18.0 Å². The lowest BCUT2D eigenvalue weighted by atomic mass is 10.1. The number of aromatic nitrogens is 2. The highest BCUT2D eigenvalue weighted by atomic mass is 16.6. The molecule has 5 nitrogen and oxygen atoms in total. The maximum Gasteiger partial charge on any atom is 0.325 e. The molecule has 0 saturated heterocycles. The van der Waals surface area contributed by atoms with Crippen LogP contribution in [0.2, 0.25) is 0 Å². The number of nitrogens with zero attached hydrogens (tertiary/aromatic N) is 2. The monoisotopic (exact) mass is 223 g/mol. The van der Waals surface area contributed by atoms with Crippen LogP contribution in [0.15, 0.2) is 12.3 Å². The zero-order valence-corrected chi connectivity index (χ0v) is 9.86. The number of fused-ring (bicyclic) bond motifs is 1. The third-order valence-corrected chi connectivity index (χ3v) is 2.38. The van der Waals surface area contributed by atoms with E-state index in [0.717, 1.165) is 5.69 Å². The van der Waals surface area contributed by atoms with E-state index in [1.54, 1.807) is 6.20 Å². The molecule has 1 atom stereocenters. The van der Waals surface area contributed by atoms with Crippen molar-refractivity contribution in [1.29, 1.82) is 0 Å². The summed E-state index contributed by atoms with van der Waals surface area (Å²) in [5.41, 5.74) is 0.656. The molecule has 2 rings (SSSR count). The molecular formula is C11H17N3O2. The second kappa shape index (κ2) is 3.90. The van der Waals surface area contributed by atoms with Crippen molar-refractivity contribution in [1.82, 2.24) is 15.1 Å². The van der Waals surface area contributed by atoms with E-state index in [1.165, 1.54) is 0 Å². The van der Waals surface area contributed by atoms with Crippen LogP contribution in [0.3, 0.4) is 0 Å². The number of hydrogen-bond donors (Lipinski definition) is 1. The third kappa shape index (κ3) is 2.41. The molecule has 0 radical (unpaired) electrons. The van der Waals surface area contributed by atoms with Crippen molar-refractivity contribution in [3.63, 3.8) is 0 Å². The fourth-order valence-corrected chi connectivity index (χ4v) is 1.67. The van der Waals surface area contributed by atoms with E-state index in [1.807, 2.05) is 31.5 Å². The topological polar surface area (TPSA) is 56.2 Å². The van der Waals surface area contributed by atoms with Crippen molar-refractivity contribution < 1.29 is 9.53 Å². The van der Waals surface area contributed by atoms with Gasteiger partial charge in [-0.05, 0) is 26.8 Å². The summed E-state index contributed by atoms with van der Waals surface area (Å²) in [4.78, 5) is 11.8. The highest BCUT2D eigenvalue weighted by Crippen LogP contribution is 2.12. The minimum atomic E-state index is -0.441. The van der Waals surface area contributed by atoms with Crippen LogP contribution in [0.25, 0.3) is 0 Å². The molecule has 0 amide bonds. The Hall–Kier alpha value is -1.36. The zero-order valence-electron chi connectivity index (χ0n) is 9.86. The number of nitrogens with one attached hydrogen (secondary N) is 1. The Labute approximate surface area is 94.8 Å². The van der Waals surface area contributed by atoms with Crippen molar-refractivity contribution in [2.24, 2.45) is 0 Å². The van der Waals surface area contributed by atoms with E-state index in [2.05, 4.69) is 10.4 Å². The molecule has 0 saturated carbocycles. The molecule has 16 heavy (non-hydrogen) atoms. The van der Waals surface area contributed by atoms with Gasteiger partial charge in [-0.1, -0.05) is 0 Å². The van der Waals surface area contributed by atoms with Crippen LogP contribution in [0.4, 0.5) is 0 Å². The summed E-state index contributed by atoms with van der Waals surface area (Å²) in [6, 6.07) is 1.64. The largest absolute Gasteiger partial charge is 0.459 e. The number of ether oxygens (including phenoxy) is 1. The summed E-state index contributed by atoms with van der Waals surface area (Å²) < 4.78 is 7.16. The SMILES string of the molecule is CC(C)(C)OC(=O)[C@H]1Cn2nccc2CN1. The Morgan fingerprint density at radius 2 is 2.38 bits per heavy atom. The van der Waals surface area contributed by atoms with E-state index in [4.69, 9.17) is 4.74 Å². The Kier molecular flexibility index (Phi) is 2.71. The lowest BCUT2D eigenvalue weighted by Gasteiger charge is -2.27. The summed E-state index contributed by atoms with van der Waals surface area (Å²) in [5, 5.41) is 7.30. The van der Waals surface area contributed by atoms with E-state index in [-0.39, 0.29) is 12.0 Å². The molecule has 0 aromatic carbocycles. The molecule has 0 unspecified atom stereocenters. The van der Waals surface area contributed by atoms with Gasteiger partial charge in [0.05, 0.1) is 12.2 Å². The Bertz CT molecular complexity index is 392. The van der Waals surface area contributed by atoms with Crippen LogP contribution >= 0.6 is 0 Å². The molecule has 0 spiro atoms. The molecule has 1 aromatic rings. The summed E-state index contributed by atoms with van der Waals surface area (Å²) in [6.07, 6.45) is 1.74. The molecule has 1 aromatic heterocycles. The highest BCUT2D eigenvalue weighted by Gasteiger charge is 2.28. The molecule has 2 heterocycles.